The van der Waals surface area contributed by atoms with Crippen LogP contribution in [-0.4, -0.2) is 39.3 Å². The molecule has 2 N–H and O–H groups in total. The number of hydrogen-bond donors (Lipinski definition) is 2. The second kappa shape index (κ2) is 7.68. The summed E-state index contributed by atoms with van der Waals surface area (Å²) in [6, 6.07) is 3.51. The van der Waals surface area contributed by atoms with Gasteiger partial charge in [-0.15, -0.1) is 0 Å². The standard InChI is InChI=1S/C12H14IN3O4/c1-14-11(17)12(18)16-15-6-7-4-8(13)10(20-3)9(5-7)19-2/h4-6H,1-3H3,(H,14,17)(H,16,18)/b15-6-. The monoisotopic (exact) mass is 391 g/mol. The van der Waals surface area contributed by atoms with E-state index < -0.39 is 11.8 Å². The molecule has 20 heavy (non-hydrogen) atoms. The summed E-state index contributed by atoms with van der Waals surface area (Å²) in [5, 5.41) is 5.89. The molecule has 0 atom stereocenters. The third-order valence-corrected chi connectivity index (χ3v) is 3.07. The number of likely N-dealkylation sites (N-methyl/N-ethyl adjacent to an activating group) is 1. The molecule has 0 aliphatic heterocycles. The molecule has 8 heteroatoms. The molecule has 0 aliphatic rings. The maximum Gasteiger partial charge on any atom is 0.329 e. The van der Waals surface area contributed by atoms with Crippen molar-refractivity contribution < 1.29 is 19.1 Å². The van der Waals surface area contributed by atoms with Gasteiger partial charge in [0.2, 0.25) is 0 Å². The fraction of sp³-hybridized carbons (Fsp3) is 0.250. The van der Waals surface area contributed by atoms with Crippen LogP contribution in [0.1, 0.15) is 5.56 Å². The van der Waals surface area contributed by atoms with Gasteiger partial charge in [-0.3, -0.25) is 9.59 Å². The molecule has 0 aliphatic carbocycles. The van der Waals surface area contributed by atoms with Gasteiger partial charge in [-0.25, -0.2) is 5.43 Å². The van der Waals surface area contributed by atoms with Gasteiger partial charge in [-0.05, 0) is 40.3 Å². The first kappa shape index (κ1) is 16.2. The number of nitrogens with zero attached hydrogens (tertiary/aromatic N) is 1. The van der Waals surface area contributed by atoms with Gasteiger partial charge in [-0.1, -0.05) is 0 Å². The van der Waals surface area contributed by atoms with Crippen molar-refractivity contribution in [3.8, 4) is 11.5 Å². The van der Waals surface area contributed by atoms with Gasteiger partial charge >= 0.3 is 11.8 Å². The second-order valence-corrected chi connectivity index (χ2v) is 4.68. The number of hydrogen-bond acceptors (Lipinski definition) is 5. The number of carbonyl (C=O) groups is 2. The number of amides is 2. The highest BCUT2D eigenvalue weighted by Gasteiger charge is 2.11. The highest BCUT2D eigenvalue weighted by molar-refractivity contribution is 14.1. The highest BCUT2D eigenvalue weighted by Crippen LogP contribution is 2.32. The quantitative estimate of drug-likeness (QED) is 0.339. The average Bonchev–Trinajstić information content (AvgIpc) is 2.45. The molecule has 0 saturated carbocycles. The SMILES string of the molecule is CNC(=O)C(=O)N/N=C\c1cc(I)c(OC)c(OC)c1. The Kier molecular flexibility index (Phi) is 6.22. The first-order valence-electron chi connectivity index (χ1n) is 5.50. The molecule has 7 nitrogen and oxygen atoms in total. The van der Waals surface area contributed by atoms with Crippen LogP contribution in [-0.2, 0) is 9.59 Å². The van der Waals surface area contributed by atoms with Gasteiger partial charge in [0.05, 0.1) is 24.0 Å². The number of ether oxygens (including phenoxy) is 2. The van der Waals surface area contributed by atoms with E-state index in [2.05, 4.69) is 38.4 Å². The topological polar surface area (TPSA) is 89.0 Å². The predicted molar refractivity (Wildman–Crippen MR) is 82.1 cm³/mol. The first-order valence-corrected chi connectivity index (χ1v) is 6.58. The summed E-state index contributed by atoms with van der Waals surface area (Å²) in [6.45, 7) is 0. The smallest absolute Gasteiger partial charge is 0.329 e. The van der Waals surface area contributed by atoms with Gasteiger partial charge in [0.15, 0.2) is 11.5 Å². The van der Waals surface area contributed by atoms with E-state index in [1.807, 2.05) is 0 Å². The molecular weight excluding hydrogens is 377 g/mol. The van der Waals surface area contributed by atoms with Crippen LogP contribution in [0.25, 0.3) is 0 Å². The van der Waals surface area contributed by atoms with Crippen LogP contribution in [0.15, 0.2) is 17.2 Å². The van der Waals surface area contributed by atoms with E-state index in [0.29, 0.717) is 17.1 Å². The number of methoxy groups -OCH3 is 2. The Morgan fingerprint density at radius 3 is 2.50 bits per heavy atom. The molecule has 0 radical (unpaired) electrons. The van der Waals surface area contributed by atoms with E-state index in [1.54, 1.807) is 19.2 Å². The molecule has 0 fully saturated rings. The van der Waals surface area contributed by atoms with Crippen molar-refractivity contribution in [3.05, 3.63) is 21.3 Å². The average molecular weight is 391 g/mol. The number of halogens is 1. The lowest BCUT2D eigenvalue weighted by Gasteiger charge is -2.10. The number of carbonyl (C=O) groups excluding carboxylic acids is 2. The Bertz CT molecular complexity index is 546. The van der Waals surface area contributed by atoms with Gasteiger partial charge in [0, 0.05) is 7.05 Å². The number of hydrazone groups is 1. The molecule has 0 bridgehead atoms. The Labute approximate surface area is 129 Å². The van der Waals surface area contributed by atoms with Crippen molar-refractivity contribution in [1.82, 2.24) is 10.7 Å². The van der Waals surface area contributed by atoms with Gasteiger partial charge in [0.25, 0.3) is 0 Å². The maximum atomic E-state index is 11.2. The molecule has 108 valence electrons. The summed E-state index contributed by atoms with van der Waals surface area (Å²) in [5.41, 5.74) is 2.81. The number of benzene rings is 1. The summed E-state index contributed by atoms with van der Waals surface area (Å²) >= 11 is 2.10. The Balaban J connectivity index is 2.86. The third kappa shape index (κ3) is 4.08. The minimum atomic E-state index is -0.834. The fourth-order valence-electron chi connectivity index (χ4n) is 1.34. The Morgan fingerprint density at radius 1 is 1.25 bits per heavy atom. The minimum Gasteiger partial charge on any atom is -0.493 e. The van der Waals surface area contributed by atoms with Gasteiger partial charge < -0.3 is 14.8 Å². The van der Waals surface area contributed by atoms with Crippen molar-refractivity contribution in [2.75, 3.05) is 21.3 Å². The lowest BCUT2D eigenvalue weighted by molar-refractivity contribution is -0.138. The van der Waals surface area contributed by atoms with Crippen LogP contribution in [0.2, 0.25) is 0 Å². The molecule has 0 saturated heterocycles. The van der Waals surface area contributed by atoms with E-state index in [4.69, 9.17) is 9.47 Å². The molecule has 1 rings (SSSR count). The number of nitrogens with one attached hydrogen (secondary N) is 2. The van der Waals surface area contributed by atoms with Crippen LogP contribution < -0.4 is 20.2 Å². The zero-order chi connectivity index (χ0) is 15.1. The van der Waals surface area contributed by atoms with E-state index in [9.17, 15) is 9.59 Å². The van der Waals surface area contributed by atoms with E-state index in [1.165, 1.54) is 20.4 Å². The molecule has 0 aromatic heterocycles. The summed E-state index contributed by atoms with van der Waals surface area (Å²) in [4.78, 5) is 22.1. The van der Waals surface area contributed by atoms with Crippen LogP contribution in [0.3, 0.4) is 0 Å². The van der Waals surface area contributed by atoms with Gasteiger partial charge in [0.1, 0.15) is 0 Å². The Hall–Kier alpha value is -1.84. The van der Waals surface area contributed by atoms with Crippen molar-refractivity contribution >= 4 is 40.6 Å². The van der Waals surface area contributed by atoms with E-state index in [-0.39, 0.29) is 0 Å². The van der Waals surface area contributed by atoms with Crippen molar-refractivity contribution in [2.45, 2.75) is 0 Å². The normalized spacial score (nSPS) is 10.2. The summed E-state index contributed by atoms with van der Waals surface area (Å²) < 4.78 is 11.2. The molecule has 2 amide bonds. The van der Waals surface area contributed by atoms with Crippen molar-refractivity contribution in [2.24, 2.45) is 5.10 Å². The van der Waals surface area contributed by atoms with Crippen LogP contribution >= 0.6 is 22.6 Å². The van der Waals surface area contributed by atoms with Gasteiger partial charge in [-0.2, -0.15) is 5.10 Å². The molecule has 1 aromatic carbocycles. The summed E-state index contributed by atoms with van der Waals surface area (Å²) in [7, 11) is 4.45. The van der Waals surface area contributed by atoms with Crippen molar-refractivity contribution in [1.29, 1.82) is 0 Å². The fourth-order valence-corrected chi connectivity index (χ4v) is 2.19. The number of rotatable bonds is 4. The Morgan fingerprint density at radius 2 is 1.95 bits per heavy atom. The maximum absolute atomic E-state index is 11.2. The third-order valence-electron chi connectivity index (χ3n) is 2.27. The van der Waals surface area contributed by atoms with Crippen molar-refractivity contribution in [3.63, 3.8) is 0 Å². The predicted octanol–water partition coefficient (Wildman–Crippen LogP) is 0.504. The largest absolute Gasteiger partial charge is 0.493 e. The highest BCUT2D eigenvalue weighted by atomic mass is 127. The molecule has 1 aromatic rings. The summed E-state index contributed by atoms with van der Waals surface area (Å²) in [5.74, 6) is -0.416. The molecular formula is C12H14IN3O4. The van der Waals surface area contributed by atoms with E-state index in [0.717, 1.165) is 3.57 Å². The van der Waals surface area contributed by atoms with Crippen LogP contribution in [0.4, 0.5) is 0 Å². The van der Waals surface area contributed by atoms with E-state index >= 15 is 0 Å². The zero-order valence-corrected chi connectivity index (χ0v) is 13.3. The minimum absolute atomic E-state index is 0.554. The lowest BCUT2D eigenvalue weighted by Crippen LogP contribution is -2.35. The van der Waals surface area contributed by atoms with Crippen LogP contribution in [0.5, 0.6) is 11.5 Å². The molecule has 0 heterocycles. The second-order valence-electron chi connectivity index (χ2n) is 3.52. The molecule has 0 spiro atoms. The van der Waals surface area contributed by atoms with Crippen LogP contribution in [0, 0.1) is 3.57 Å². The zero-order valence-electron chi connectivity index (χ0n) is 11.2. The first-order chi connectivity index (χ1) is 9.53. The lowest BCUT2D eigenvalue weighted by atomic mass is 10.2. The summed E-state index contributed by atoms with van der Waals surface area (Å²) in [6.07, 6.45) is 1.41. The molecule has 0 unspecified atom stereocenters.